The molecule has 0 saturated heterocycles. The van der Waals surface area contributed by atoms with Crippen molar-refractivity contribution >= 4 is 17.2 Å². The fraction of sp³-hybridized carbons (Fsp3) is 0.500. The second-order valence-electron chi connectivity index (χ2n) is 5.00. The first-order chi connectivity index (χ1) is 8.03. The number of aryl methyl sites for hydroxylation is 1. The minimum absolute atomic E-state index is 0.0161. The van der Waals surface area contributed by atoms with Crippen LogP contribution in [0.4, 0.5) is 0 Å². The first-order valence-electron chi connectivity index (χ1n) is 5.89. The van der Waals surface area contributed by atoms with Gasteiger partial charge in [0.05, 0.1) is 11.5 Å². The summed E-state index contributed by atoms with van der Waals surface area (Å²) in [7, 11) is 0. The highest BCUT2D eigenvalue weighted by Gasteiger charge is 2.29. The zero-order valence-corrected chi connectivity index (χ0v) is 11.1. The molecule has 0 aromatic carbocycles. The molecule has 17 heavy (non-hydrogen) atoms. The Labute approximate surface area is 106 Å². The Morgan fingerprint density at radius 3 is 3.12 bits per heavy atom. The molecule has 0 aliphatic heterocycles. The van der Waals surface area contributed by atoms with Gasteiger partial charge in [-0.3, -0.25) is 4.79 Å². The molecule has 1 aromatic rings. The van der Waals surface area contributed by atoms with Gasteiger partial charge in [0.25, 0.3) is 0 Å². The third kappa shape index (κ3) is 2.53. The molecular weight excluding hydrogens is 230 g/mol. The average Bonchev–Trinajstić information content (AvgIpc) is 2.76. The lowest BCUT2D eigenvalue weighted by Gasteiger charge is -2.26. The highest BCUT2D eigenvalue weighted by atomic mass is 32.1. The molecule has 2 nitrogen and oxygen atoms in total. The number of carbonyl (C=O) groups excluding carboxylic acids is 1. The largest absolute Gasteiger partial charge is 0.340 e. The quantitative estimate of drug-likeness (QED) is 0.800. The zero-order valence-electron chi connectivity index (χ0n) is 10.2. The molecule has 2 rings (SSSR count). The summed E-state index contributed by atoms with van der Waals surface area (Å²) in [5.41, 5.74) is 0.636. The van der Waals surface area contributed by atoms with Crippen molar-refractivity contribution in [2.75, 3.05) is 0 Å². The van der Waals surface area contributed by atoms with E-state index in [-0.39, 0.29) is 11.8 Å². The van der Waals surface area contributed by atoms with E-state index in [1.807, 2.05) is 13.8 Å². The fourth-order valence-corrected chi connectivity index (χ4v) is 3.18. The average molecular weight is 247 g/mol. The summed E-state index contributed by atoms with van der Waals surface area (Å²) in [4.78, 5) is 13.6. The molecule has 1 atom stereocenters. The van der Waals surface area contributed by atoms with Crippen LogP contribution in [0.1, 0.15) is 43.0 Å². The van der Waals surface area contributed by atoms with Gasteiger partial charge in [-0.05, 0) is 50.1 Å². The lowest BCUT2D eigenvalue weighted by atomic mass is 9.86. The molecule has 1 heterocycles. The number of nitrogens with one attached hydrogen (secondary N) is 1. The molecule has 0 spiro atoms. The molecule has 0 radical (unpaired) electrons. The van der Waals surface area contributed by atoms with E-state index in [1.54, 1.807) is 11.3 Å². The van der Waals surface area contributed by atoms with Crippen molar-refractivity contribution in [3.63, 3.8) is 0 Å². The minimum Gasteiger partial charge on any atom is -0.340 e. The molecular formula is C14H17NOS. The first-order valence-corrected chi connectivity index (χ1v) is 6.77. The maximum atomic E-state index is 12.2. The molecule has 0 fully saturated rings. The summed E-state index contributed by atoms with van der Waals surface area (Å²) in [5, 5.41) is 5.01. The molecule has 0 bridgehead atoms. The van der Waals surface area contributed by atoms with Gasteiger partial charge in [0.1, 0.15) is 0 Å². The summed E-state index contributed by atoms with van der Waals surface area (Å²) >= 11 is 1.75. The monoisotopic (exact) mass is 247 g/mol. The van der Waals surface area contributed by atoms with E-state index in [0.29, 0.717) is 0 Å². The van der Waals surface area contributed by atoms with Crippen LogP contribution < -0.4 is 5.32 Å². The van der Waals surface area contributed by atoms with Crippen LogP contribution in [0.2, 0.25) is 0 Å². The van der Waals surface area contributed by atoms with Gasteiger partial charge in [0.2, 0.25) is 5.91 Å². The van der Waals surface area contributed by atoms with Gasteiger partial charge in [-0.25, -0.2) is 0 Å². The smallest absolute Gasteiger partial charge is 0.228 e. The van der Waals surface area contributed by atoms with Gasteiger partial charge in [-0.1, -0.05) is 5.92 Å². The predicted octanol–water partition coefficient (Wildman–Crippen LogP) is 2.70. The van der Waals surface area contributed by atoms with Gasteiger partial charge >= 0.3 is 0 Å². The van der Waals surface area contributed by atoms with E-state index in [0.717, 1.165) is 19.3 Å². The standard InChI is InChI=1S/C14H17NOS/c1-4-14(2,3)15-13(16)11-6-5-7-12-10(11)8-9-17-12/h1,8-9,11H,5-7H2,2-3H3,(H,15,16). The van der Waals surface area contributed by atoms with Gasteiger partial charge < -0.3 is 5.32 Å². The molecule has 1 N–H and O–H groups in total. The van der Waals surface area contributed by atoms with Gasteiger partial charge in [0.15, 0.2) is 0 Å². The minimum atomic E-state index is -0.565. The lowest BCUT2D eigenvalue weighted by Crippen LogP contribution is -2.44. The lowest BCUT2D eigenvalue weighted by molar-refractivity contribution is -0.123. The van der Waals surface area contributed by atoms with Crippen LogP contribution in [0.3, 0.4) is 0 Å². The molecule has 1 aliphatic carbocycles. The number of terminal acetylenes is 1. The maximum absolute atomic E-state index is 12.2. The maximum Gasteiger partial charge on any atom is 0.228 e. The van der Waals surface area contributed by atoms with Crippen molar-refractivity contribution in [3.8, 4) is 12.3 Å². The van der Waals surface area contributed by atoms with Crippen molar-refractivity contribution in [2.24, 2.45) is 0 Å². The highest BCUT2D eigenvalue weighted by molar-refractivity contribution is 7.10. The van der Waals surface area contributed by atoms with Crippen LogP contribution in [0.25, 0.3) is 0 Å². The van der Waals surface area contributed by atoms with Crippen LogP contribution in [0, 0.1) is 12.3 Å². The van der Waals surface area contributed by atoms with Gasteiger partial charge in [0, 0.05) is 4.88 Å². The van der Waals surface area contributed by atoms with Crippen LogP contribution in [0.5, 0.6) is 0 Å². The summed E-state index contributed by atoms with van der Waals surface area (Å²) < 4.78 is 0. The van der Waals surface area contributed by atoms with E-state index < -0.39 is 5.54 Å². The highest BCUT2D eigenvalue weighted by Crippen LogP contribution is 2.35. The number of hydrogen-bond donors (Lipinski definition) is 1. The van der Waals surface area contributed by atoms with E-state index in [1.165, 1.54) is 10.4 Å². The molecule has 1 unspecified atom stereocenters. The number of rotatable bonds is 2. The summed E-state index contributed by atoms with van der Waals surface area (Å²) in [6.45, 7) is 3.70. The first kappa shape index (κ1) is 12.2. The van der Waals surface area contributed by atoms with Gasteiger partial charge in [-0.2, -0.15) is 0 Å². The van der Waals surface area contributed by atoms with Gasteiger partial charge in [-0.15, -0.1) is 17.8 Å². The van der Waals surface area contributed by atoms with Crippen molar-refractivity contribution in [1.82, 2.24) is 5.32 Å². The predicted molar refractivity (Wildman–Crippen MR) is 71.1 cm³/mol. The Kier molecular flexibility index (Phi) is 3.26. The van der Waals surface area contributed by atoms with E-state index >= 15 is 0 Å². The molecule has 1 aromatic heterocycles. The van der Waals surface area contributed by atoms with Crippen LogP contribution in [-0.2, 0) is 11.2 Å². The fourth-order valence-electron chi connectivity index (χ4n) is 2.19. The zero-order chi connectivity index (χ0) is 12.5. The molecule has 1 amide bonds. The van der Waals surface area contributed by atoms with Crippen molar-refractivity contribution in [1.29, 1.82) is 0 Å². The van der Waals surface area contributed by atoms with Crippen LogP contribution in [0.15, 0.2) is 11.4 Å². The topological polar surface area (TPSA) is 29.1 Å². The Balaban J connectivity index is 2.16. The van der Waals surface area contributed by atoms with Crippen LogP contribution in [-0.4, -0.2) is 11.4 Å². The summed E-state index contributed by atoms with van der Waals surface area (Å²) in [6, 6.07) is 2.08. The summed E-state index contributed by atoms with van der Waals surface area (Å²) in [6.07, 6.45) is 8.51. The number of fused-ring (bicyclic) bond motifs is 1. The summed E-state index contributed by atoms with van der Waals surface area (Å²) in [5.74, 6) is 2.65. The second-order valence-corrected chi connectivity index (χ2v) is 6.00. The number of thiophene rings is 1. The number of hydrogen-bond acceptors (Lipinski definition) is 2. The van der Waals surface area contributed by atoms with Crippen molar-refractivity contribution in [3.05, 3.63) is 21.9 Å². The molecule has 0 saturated carbocycles. The number of carbonyl (C=O) groups is 1. The molecule has 90 valence electrons. The van der Waals surface area contributed by atoms with E-state index in [9.17, 15) is 4.79 Å². The molecule has 3 heteroatoms. The van der Waals surface area contributed by atoms with Crippen molar-refractivity contribution < 1.29 is 4.79 Å². The third-order valence-electron chi connectivity index (χ3n) is 3.16. The van der Waals surface area contributed by atoms with Crippen LogP contribution >= 0.6 is 11.3 Å². The third-order valence-corrected chi connectivity index (χ3v) is 4.16. The normalized spacial score (nSPS) is 19.2. The Morgan fingerprint density at radius 2 is 2.41 bits per heavy atom. The Morgan fingerprint density at radius 1 is 1.65 bits per heavy atom. The number of amides is 1. The Bertz CT molecular complexity index is 467. The van der Waals surface area contributed by atoms with E-state index in [4.69, 9.17) is 6.42 Å². The molecule has 1 aliphatic rings. The second kappa shape index (κ2) is 4.54. The SMILES string of the molecule is C#CC(C)(C)NC(=O)C1CCCc2sccc21. The van der Waals surface area contributed by atoms with Crippen molar-refractivity contribution in [2.45, 2.75) is 44.6 Å². The Hall–Kier alpha value is -1.27. The van der Waals surface area contributed by atoms with E-state index in [2.05, 4.69) is 22.7 Å².